The number of fused-ring (bicyclic) bond motifs is 1. The summed E-state index contributed by atoms with van der Waals surface area (Å²) in [5.74, 6) is 2.02. The summed E-state index contributed by atoms with van der Waals surface area (Å²) in [7, 11) is 0. The fourth-order valence-electron chi connectivity index (χ4n) is 3.90. The molecule has 0 amide bonds. The summed E-state index contributed by atoms with van der Waals surface area (Å²) >= 11 is 0. The first-order valence-electron chi connectivity index (χ1n) is 9.88. The van der Waals surface area contributed by atoms with Gasteiger partial charge in [-0.05, 0) is 55.6 Å². The van der Waals surface area contributed by atoms with E-state index in [0.717, 1.165) is 48.5 Å². The van der Waals surface area contributed by atoms with Crippen molar-refractivity contribution >= 4 is 11.0 Å². The fraction of sp³-hybridized carbons (Fsp3) is 0.318. The molecule has 0 aliphatic carbocycles. The minimum Gasteiger partial charge on any atom is -0.334 e. The Morgan fingerprint density at radius 3 is 2.79 bits per heavy atom. The van der Waals surface area contributed by atoms with Crippen LogP contribution in [-0.4, -0.2) is 32.8 Å². The Hall–Kier alpha value is -2.99. The van der Waals surface area contributed by atoms with Gasteiger partial charge in [0.05, 0.1) is 17.4 Å². The summed E-state index contributed by atoms with van der Waals surface area (Å²) in [5.41, 5.74) is 4.21. The Morgan fingerprint density at radius 1 is 1.07 bits per heavy atom. The van der Waals surface area contributed by atoms with Crippen molar-refractivity contribution in [1.29, 1.82) is 0 Å². The second-order valence-electron chi connectivity index (χ2n) is 7.47. The minimum atomic E-state index is 0.573. The van der Waals surface area contributed by atoms with E-state index in [4.69, 9.17) is 4.52 Å². The van der Waals surface area contributed by atoms with Gasteiger partial charge in [0.1, 0.15) is 0 Å². The molecule has 4 aromatic rings. The van der Waals surface area contributed by atoms with Gasteiger partial charge in [-0.2, -0.15) is 4.98 Å². The van der Waals surface area contributed by atoms with Crippen LogP contribution >= 0.6 is 0 Å². The molecule has 1 aliphatic rings. The smallest absolute Gasteiger partial charge is 0.257 e. The first kappa shape index (κ1) is 17.1. The van der Waals surface area contributed by atoms with Crippen molar-refractivity contribution in [2.24, 2.45) is 5.92 Å². The van der Waals surface area contributed by atoms with Gasteiger partial charge in [-0.25, -0.2) is 4.98 Å². The van der Waals surface area contributed by atoms with E-state index in [-0.39, 0.29) is 0 Å². The van der Waals surface area contributed by atoms with Crippen LogP contribution in [0.3, 0.4) is 0 Å². The number of nitrogens with one attached hydrogen (secondary N) is 1. The molecule has 6 nitrogen and oxygen atoms in total. The highest BCUT2D eigenvalue weighted by Crippen LogP contribution is 2.24. The zero-order valence-electron chi connectivity index (χ0n) is 15.7. The number of aromatic nitrogens is 4. The standard InChI is InChI=1S/C22H23N5O/c1-2-4-17(5-3-1)14-27-15-24-19-13-18(6-7-20(19)27)22-25-21(26-28-22)12-16-8-10-23-11-9-16/h1-7,13,15-16,23H,8-12,14H2. The van der Waals surface area contributed by atoms with Gasteiger partial charge >= 0.3 is 0 Å². The van der Waals surface area contributed by atoms with Crippen LogP contribution < -0.4 is 5.32 Å². The van der Waals surface area contributed by atoms with Crippen LogP contribution in [0.25, 0.3) is 22.5 Å². The Labute approximate surface area is 163 Å². The van der Waals surface area contributed by atoms with Gasteiger partial charge in [-0.3, -0.25) is 0 Å². The normalized spacial score (nSPS) is 15.3. The average Bonchev–Trinajstić information content (AvgIpc) is 3.37. The lowest BCUT2D eigenvalue weighted by atomic mass is 9.94. The molecule has 6 heteroatoms. The van der Waals surface area contributed by atoms with Crippen molar-refractivity contribution in [2.45, 2.75) is 25.8 Å². The van der Waals surface area contributed by atoms with Gasteiger partial charge in [0.25, 0.3) is 5.89 Å². The van der Waals surface area contributed by atoms with Crippen LogP contribution in [0.15, 0.2) is 59.4 Å². The molecular weight excluding hydrogens is 350 g/mol. The molecule has 5 rings (SSSR count). The van der Waals surface area contributed by atoms with E-state index in [2.05, 4.69) is 55.3 Å². The molecule has 0 spiro atoms. The quantitative estimate of drug-likeness (QED) is 0.578. The minimum absolute atomic E-state index is 0.573. The van der Waals surface area contributed by atoms with Crippen molar-refractivity contribution in [2.75, 3.05) is 13.1 Å². The van der Waals surface area contributed by atoms with Crippen molar-refractivity contribution in [3.8, 4) is 11.5 Å². The van der Waals surface area contributed by atoms with Crippen LogP contribution in [-0.2, 0) is 13.0 Å². The SMILES string of the molecule is c1ccc(Cn2cnc3cc(-c4nc(CC5CCNCC5)no4)ccc32)cc1. The zero-order chi connectivity index (χ0) is 18.8. The number of rotatable bonds is 5. The third-order valence-corrected chi connectivity index (χ3v) is 5.46. The summed E-state index contributed by atoms with van der Waals surface area (Å²) < 4.78 is 7.69. The van der Waals surface area contributed by atoms with E-state index in [1.165, 1.54) is 18.4 Å². The Morgan fingerprint density at radius 2 is 1.93 bits per heavy atom. The van der Waals surface area contributed by atoms with Crippen molar-refractivity contribution in [3.63, 3.8) is 0 Å². The summed E-state index contributed by atoms with van der Waals surface area (Å²) in [6, 6.07) is 16.5. The molecule has 3 heterocycles. The maximum absolute atomic E-state index is 5.53. The average molecular weight is 373 g/mol. The van der Waals surface area contributed by atoms with Crippen molar-refractivity contribution in [3.05, 3.63) is 66.2 Å². The van der Waals surface area contributed by atoms with Crippen LogP contribution in [0.4, 0.5) is 0 Å². The molecule has 2 aromatic heterocycles. The summed E-state index contributed by atoms with van der Waals surface area (Å²) in [6.45, 7) is 2.97. The molecule has 0 saturated carbocycles. The summed E-state index contributed by atoms with van der Waals surface area (Å²) in [5, 5.41) is 7.59. The number of hydrogen-bond donors (Lipinski definition) is 1. The molecule has 1 saturated heterocycles. The van der Waals surface area contributed by atoms with Gasteiger partial charge in [-0.15, -0.1) is 0 Å². The molecule has 0 bridgehead atoms. The maximum Gasteiger partial charge on any atom is 0.257 e. The Balaban J connectivity index is 1.35. The van der Waals surface area contributed by atoms with E-state index in [1.807, 2.05) is 24.5 Å². The van der Waals surface area contributed by atoms with E-state index >= 15 is 0 Å². The lowest BCUT2D eigenvalue weighted by Crippen LogP contribution is -2.28. The lowest BCUT2D eigenvalue weighted by Gasteiger charge is -2.20. The first-order valence-corrected chi connectivity index (χ1v) is 9.88. The number of hydrogen-bond acceptors (Lipinski definition) is 5. The Bertz CT molecular complexity index is 1060. The van der Waals surface area contributed by atoms with Gasteiger partial charge in [-0.1, -0.05) is 35.5 Å². The highest BCUT2D eigenvalue weighted by molar-refractivity contribution is 5.80. The molecule has 0 radical (unpaired) electrons. The number of piperidine rings is 1. The fourth-order valence-corrected chi connectivity index (χ4v) is 3.90. The number of nitrogens with zero attached hydrogens (tertiary/aromatic N) is 4. The second kappa shape index (κ2) is 7.56. The van der Waals surface area contributed by atoms with E-state index < -0.39 is 0 Å². The lowest BCUT2D eigenvalue weighted by molar-refractivity contribution is 0.356. The molecule has 0 unspecified atom stereocenters. The summed E-state index contributed by atoms with van der Waals surface area (Å²) in [4.78, 5) is 9.19. The molecule has 2 aromatic carbocycles. The highest BCUT2D eigenvalue weighted by Gasteiger charge is 2.18. The van der Waals surface area contributed by atoms with E-state index in [0.29, 0.717) is 11.8 Å². The second-order valence-corrected chi connectivity index (χ2v) is 7.47. The predicted molar refractivity (Wildman–Crippen MR) is 108 cm³/mol. The molecular formula is C22H23N5O. The molecule has 0 atom stereocenters. The van der Waals surface area contributed by atoms with E-state index in [1.54, 1.807) is 0 Å². The first-order chi connectivity index (χ1) is 13.8. The topological polar surface area (TPSA) is 68.8 Å². The Kier molecular flexibility index (Phi) is 4.62. The van der Waals surface area contributed by atoms with Crippen LogP contribution in [0.1, 0.15) is 24.2 Å². The van der Waals surface area contributed by atoms with Crippen molar-refractivity contribution in [1.82, 2.24) is 25.0 Å². The third kappa shape index (κ3) is 3.55. The molecule has 1 fully saturated rings. The van der Waals surface area contributed by atoms with Crippen molar-refractivity contribution < 1.29 is 4.52 Å². The van der Waals surface area contributed by atoms with E-state index in [9.17, 15) is 0 Å². The number of benzene rings is 2. The zero-order valence-corrected chi connectivity index (χ0v) is 15.7. The van der Waals surface area contributed by atoms with Gasteiger partial charge in [0, 0.05) is 18.5 Å². The van der Waals surface area contributed by atoms with Crippen LogP contribution in [0.5, 0.6) is 0 Å². The molecule has 1 N–H and O–H groups in total. The van der Waals surface area contributed by atoms with Gasteiger partial charge in [0.2, 0.25) is 0 Å². The summed E-state index contributed by atoms with van der Waals surface area (Å²) in [6.07, 6.45) is 5.13. The van der Waals surface area contributed by atoms with Crippen LogP contribution in [0, 0.1) is 5.92 Å². The van der Waals surface area contributed by atoms with Gasteiger partial charge < -0.3 is 14.4 Å². The molecule has 28 heavy (non-hydrogen) atoms. The molecule has 1 aliphatic heterocycles. The predicted octanol–water partition coefficient (Wildman–Crippen LogP) is 3.68. The van der Waals surface area contributed by atoms with Crippen LogP contribution in [0.2, 0.25) is 0 Å². The maximum atomic E-state index is 5.53. The molecule has 142 valence electrons. The van der Waals surface area contributed by atoms with Gasteiger partial charge in [0.15, 0.2) is 5.82 Å². The third-order valence-electron chi connectivity index (χ3n) is 5.46. The largest absolute Gasteiger partial charge is 0.334 e. The number of imidazole rings is 1. The monoisotopic (exact) mass is 373 g/mol. The highest BCUT2D eigenvalue weighted by atomic mass is 16.5.